The summed E-state index contributed by atoms with van der Waals surface area (Å²) in [4.78, 5) is 0. The van der Waals surface area contributed by atoms with Crippen molar-refractivity contribution in [2.75, 3.05) is 0 Å². The van der Waals surface area contributed by atoms with Gasteiger partial charge in [0, 0.05) is 5.41 Å². The van der Waals surface area contributed by atoms with Gasteiger partial charge in [-0.1, -0.05) is 172 Å². The summed E-state index contributed by atoms with van der Waals surface area (Å²) in [6, 6.07) is 67.6. The molecule has 0 amide bonds. The lowest BCUT2D eigenvalue weighted by Gasteiger charge is -2.23. The second kappa shape index (κ2) is 11.4. The molecule has 10 rings (SSSR count). The number of fused-ring (bicyclic) bond motifs is 6. The molecule has 0 atom stereocenters. The number of benzene rings is 9. The van der Waals surface area contributed by atoms with E-state index in [1.165, 1.54) is 99.1 Å². The van der Waals surface area contributed by atoms with Crippen molar-refractivity contribution >= 4 is 32.3 Å². The Morgan fingerprint density at radius 2 is 0.843 bits per heavy atom. The van der Waals surface area contributed by atoms with Crippen LogP contribution in [-0.4, -0.2) is 0 Å². The molecule has 0 heteroatoms. The molecule has 0 saturated carbocycles. The van der Waals surface area contributed by atoms with Gasteiger partial charge in [-0.3, -0.25) is 0 Å². The molecule has 0 bridgehead atoms. The minimum atomic E-state index is -0.0388. The van der Waals surface area contributed by atoms with Gasteiger partial charge < -0.3 is 0 Å². The van der Waals surface area contributed by atoms with E-state index in [9.17, 15) is 0 Å². The van der Waals surface area contributed by atoms with Crippen molar-refractivity contribution in [1.82, 2.24) is 0 Å². The lowest BCUT2D eigenvalue weighted by molar-refractivity contribution is 0.660. The van der Waals surface area contributed by atoms with Gasteiger partial charge >= 0.3 is 0 Å². The van der Waals surface area contributed by atoms with Crippen LogP contribution in [0.25, 0.3) is 88.0 Å². The summed E-state index contributed by atoms with van der Waals surface area (Å²) in [5.41, 5.74) is 15.4. The van der Waals surface area contributed by atoms with Crippen molar-refractivity contribution in [2.45, 2.75) is 19.3 Å². The predicted molar refractivity (Wildman–Crippen MR) is 218 cm³/mol. The Morgan fingerprint density at radius 1 is 0.294 bits per heavy atom. The largest absolute Gasteiger partial charge is 0.0622 e. The molecule has 0 aromatic heterocycles. The molecule has 9 aromatic rings. The first-order chi connectivity index (χ1) is 25.1. The molecule has 0 saturated heterocycles. The number of hydrogen-bond acceptors (Lipinski definition) is 0. The maximum Gasteiger partial charge on any atom is 0.0158 e. The van der Waals surface area contributed by atoms with Gasteiger partial charge in [0.05, 0.1) is 0 Å². The highest BCUT2D eigenvalue weighted by Crippen LogP contribution is 2.52. The minimum Gasteiger partial charge on any atom is -0.0622 e. The molecule has 0 spiro atoms. The van der Waals surface area contributed by atoms with Gasteiger partial charge in [0.1, 0.15) is 0 Å². The average molecular weight is 649 g/mol. The van der Waals surface area contributed by atoms with E-state index in [1.54, 1.807) is 0 Å². The van der Waals surface area contributed by atoms with Crippen LogP contribution < -0.4 is 0 Å². The van der Waals surface area contributed by atoms with Gasteiger partial charge in [0.15, 0.2) is 0 Å². The number of hydrogen-bond donors (Lipinski definition) is 0. The Labute approximate surface area is 299 Å². The van der Waals surface area contributed by atoms with E-state index in [0.717, 1.165) is 0 Å². The molecule has 0 N–H and O–H groups in total. The molecular formula is C51H36. The van der Waals surface area contributed by atoms with Gasteiger partial charge in [0.25, 0.3) is 0 Å². The zero-order valence-corrected chi connectivity index (χ0v) is 28.8. The third-order valence-corrected chi connectivity index (χ3v) is 11.2. The first kappa shape index (κ1) is 29.7. The quantitative estimate of drug-likeness (QED) is 0.167. The summed E-state index contributed by atoms with van der Waals surface area (Å²) >= 11 is 0. The van der Waals surface area contributed by atoms with Crippen LogP contribution in [0.5, 0.6) is 0 Å². The van der Waals surface area contributed by atoms with Gasteiger partial charge in [-0.2, -0.15) is 0 Å². The van der Waals surface area contributed by atoms with Crippen molar-refractivity contribution < 1.29 is 0 Å². The summed E-state index contributed by atoms with van der Waals surface area (Å²) in [5.74, 6) is 0. The molecule has 1 aliphatic rings. The predicted octanol–water partition coefficient (Wildman–Crippen LogP) is 14.1. The summed E-state index contributed by atoms with van der Waals surface area (Å²) in [5, 5.41) is 7.55. The third kappa shape index (κ3) is 4.60. The van der Waals surface area contributed by atoms with Crippen LogP contribution in [0.3, 0.4) is 0 Å². The van der Waals surface area contributed by atoms with Gasteiger partial charge in [0.2, 0.25) is 0 Å². The monoisotopic (exact) mass is 648 g/mol. The standard InChI is InChI=1S/C51H36/c1-51(2)47-24-14-13-21-39(47)44-32-38(26-28-48(44)51)49-40-22-11-12-23-41(40)50(42-27-25-37(31-45(42)49)33-15-5-3-6-16-33)46-30-36-20-10-9-19-35(36)29-43(46)34-17-7-4-8-18-34/h3-32H,1-2H3. The van der Waals surface area contributed by atoms with E-state index in [0.29, 0.717) is 0 Å². The Hall–Kier alpha value is -6.24. The topological polar surface area (TPSA) is 0 Å². The van der Waals surface area contributed by atoms with E-state index < -0.39 is 0 Å². The fraction of sp³-hybridized carbons (Fsp3) is 0.0588. The average Bonchev–Trinajstić information content (AvgIpc) is 3.42. The molecule has 9 aromatic carbocycles. The normalized spacial score (nSPS) is 13.1. The highest BCUT2D eigenvalue weighted by atomic mass is 14.4. The Morgan fingerprint density at radius 3 is 1.59 bits per heavy atom. The van der Waals surface area contributed by atoms with Crippen molar-refractivity contribution in [3.63, 3.8) is 0 Å². The van der Waals surface area contributed by atoms with Crippen LogP contribution in [0, 0.1) is 0 Å². The lowest BCUT2D eigenvalue weighted by atomic mass is 9.80. The van der Waals surface area contributed by atoms with E-state index in [1.807, 2.05) is 0 Å². The third-order valence-electron chi connectivity index (χ3n) is 11.2. The molecular weight excluding hydrogens is 613 g/mol. The van der Waals surface area contributed by atoms with Crippen molar-refractivity contribution in [2.24, 2.45) is 0 Å². The maximum absolute atomic E-state index is 2.46. The fourth-order valence-corrected chi connectivity index (χ4v) is 8.77. The smallest absolute Gasteiger partial charge is 0.0158 e. The van der Waals surface area contributed by atoms with Crippen molar-refractivity contribution in [3.8, 4) is 55.6 Å². The first-order valence-corrected chi connectivity index (χ1v) is 17.9. The Kier molecular flexibility index (Phi) is 6.63. The van der Waals surface area contributed by atoms with Gasteiger partial charge in [-0.15, -0.1) is 0 Å². The maximum atomic E-state index is 2.46. The summed E-state index contributed by atoms with van der Waals surface area (Å²) in [6.07, 6.45) is 0. The van der Waals surface area contributed by atoms with Crippen LogP contribution in [0.2, 0.25) is 0 Å². The Balaban J connectivity index is 1.34. The van der Waals surface area contributed by atoms with E-state index in [2.05, 4.69) is 196 Å². The van der Waals surface area contributed by atoms with Gasteiger partial charge in [-0.25, -0.2) is 0 Å². The fourth-order valence-electron chi connectivity index (χ4n) is 8.77. The number of rotatable bonds is 4. The molecule has 0 unspecified atom stereocenters. The zero-order chi connectivity index (χ0) is 34.1. The molecule has 0 nitrogen and oxygen atoms in total. The highest BCUT2D eigenvalue weighted by Gasteiger charge is 2.35. The minimum absolute atomic E-state index is 0.0388. The van der Waals surface area contributed by atoms with Crippen LogP contribution >= 0.6 is 0 Å². The van der Waals surface area contributed by atoms with E-state index in [4.69, 9.17) is 0 Å². The molecule has 0 fully saturated rings. The summed E-state index contributed by atoms with van der Waals surface area (Å²) < 4.78 is 0. The zero-order valence-electron chi connectivity index (χ0n) is 28.8. The van der Waals surface area contributed by atoms with Crippen molar-refractivity contribution in [3.05, 3.63) is 193 Å². The SMILES string of the molecule is CC1(C)c2ccccc2-c2cc(-c3c4ccccc4c(-c4cc5ccccc5cc4-c4ccccc4)c4ccc(-c5ccccc5)cc34)ccc21. The van der Waals surface area contributed by atoms with Gasteiger partial charge in [-0.05, 0) is 123 Å². The second-order valence-corrected chi connectivity index (χ2v) is 14.5. The molecule has 0 aliphatic heterocycles. The highest BCUT2D eigenvalue weighted by molar-refractivity contribution is 6.23. The van der Waals surface area contributed by atoms with Crippen LogP contribution in [0.4, 0.5) is 0 Å². The summed E-state index contributed by atoms with van der Waals surface area (Å²) in [7, 11) is 0. The molecule has 0 radical (unpaired) electrons. The summed E-state index contributed by atoms with van der Waals surface area (Å²) in [6.45, 7) is 4.72. The van der Waals surface area contributed by atoms with E-state index >= 15 is 0 Å². The first-order valence-electron chi connectivity index (χ1n) is 17.9. The van der Waals surface area contributed by atoms with Crippen LogP contribution in [0.1, 0.15) is 25.0 Å². The van der Waals surface area contributed by atoms with E-state index in [-0.39, 0.29) is 5.41 Å². The molecule has 1 aliphatic carbocycles. The molecule has 0 heterocycles. The molecule has 240 valence electrons. The van der Waals surface area contributed by atoms with Crippen LogP contribution in [-0.2, 0) is 5.41 Å². The lowest BCUT2D eigenvalue weighted by Crippen LogP contribution is -2.14. The van der Waals surface area contributed by atoms with Crippen molar-refractivity contribution in [1.29, 1.82) is 0 Å². The molecule has 51 heavy (non-hydrogen) atoms. The van der Waals surface area contributed by atoms with Crippen LogP contribution in [0.15, 0.2) is 182 Å². The second-order valence-electron chi connectivity index (χ2n) is 14.5. The Bertz CT molecular complexity index is 2800.